The Labute approximate surface area is 136 Å². The van der Waals surface area contributed by atoms with Gasteiger partial charge >= 0.3 is 0 Å². The molecule has 0 aliphatic carbocycles. The van der Waals surface area contributed by atoms with Crippen molar-refractivity contribution < 1.29 is 9.53 Å². The highest BCUT2D eigenvalue weighted by atomic mass is 32.2. The smallest absolute Gasteiger partial charge is 0.239 e. The summed E-state index contributed by atoms with van der Waals surface area (Å²) in [6, 6.07) is 1.64. The van der Waals surface area contributed by atoms with Crippen LogP contribution in [0.4, 0.5) is 0 Å². The summed E-state index contributed by atoms with van der Waals surface area (Å²) >= 11 is 1.71. The maximum absolute atomic E-state index is 12.4. The SMILES string of the molecule is CSCC[C@H](N)C(=O)N1CCOC(Cn2nc(C)cc2C)C1. The van der Waals surface area contributed by atoms with Crippen LogP contribution in [0.3, 0.4) is 0 Å². The number of aromatic nitrogens is 2. The minimum Gasteiger partial charge on any atom is -0.373 e. The van der Waals surface area contributed by atoms with Crippen LogP contribution >= 0.6 is 11.8 Å². The lowest BCUT2D eigenvalue weighted by atomic mass is 10.2. The normalized spacial score (nSPS) is 20.2. The van der Waals surface area contributed by atoms with E-state index in [0.717, 1.165) is 23.6 Å². The standard InChI is InChI=1S/C15H26N4O2S/c1-11-8-12(2)19(17-11)10-13-9-18(5-6-21-13)15(20)14(16)4-7-22-3/h8,13-14H,4-7,9-10,16H2,1-3H3/t13?,14-/m0/s1. The van der Waals surface area contributed by atoms with Gasteiger partial charge in [-0.05, 0) is 38.3 Å². The number of ether oxygens (including phenoxy) is 1. The van der Waals surface area contributed by atoms with Crippen molar-refractivity contribution in [2.45, 2.75) is 39.0 Å². The summed E-state index contributed by atoms with van der Waals surface area (Å²) in [7, 11) is 0. The van der Waals surface area contributed by atoms with Gasteiger partial charge in [-0.1, -0.05) is 0 Å². The number of amides is 1. The number of carbonyl (C=O) groups is 1. The number of thioether (sulfide) groups is 1. The fraction of sp³-hybridized carbons (Fsp3) is 0.733. The summed E-state index contributed by atoms with van der Waals surface area (Å²) in [6.07, 6.45) is 2.72. The number of rotatable bonds is 6. The van der Waals surface area contributed by atoms with Crippen molar-refractivity contribution in [2.75, 3.05) is 31.7 Å². The molecule has 1 aromatic rings. The highest BCUT2D eigenvalue weighted by molar-refractivity contribution is 7.98. The molecular formula is C15H26N4O2S. The van der Waals surface area contributed by atoms with E-state index in [1.807, 2.05) is 35.8 Å². The van der Waals surface area contributed by atoms with E-state index >= 15 is 0 Å². The van der Waals surface area contributed by atoms with E-state index in [0.29, 0.717) is 26.2 Å². The minimum absolute atomic E-state index is 0.0246. The van der Waals surface area contributed by atoms with Gasteiger partial charge in [0, 0.05) is 18.8 Å². The lowest BCUT2D eigenvalue weighted by Gasteiger charge is -2.34. The molecule has 1 aliphatic heterocycles. The quantitative estimate of drug-likeness (QED) is 0.837. The molecule has 2 atom stereocenters. The molecule has 0 spiro atoms. The Morgan fingerprint density at radius 2 is 2.36 bits per heavy atom. The fourth-order valence-corrected chi connectivity index (χ4v) is 3.18. The van der Waals surface area contributed by atoms with Gasteiger partial charge in [0.05, 0.1) is 31.0 Å². The predicted octanol–water partition coefficient (Wildman–Crippen LogP) is 0.808. The zero-order chi connectivity index (χ0) is 16.1. The van der Waals surface area contributed by atoms with Crippen LogP contribution < -0.4 is 5.73 Å². The van der Waals surface area contributed by atoms with Gasteiger partial charge in [0.25, 0.3) is 0 Å². The van der Waals surface area contributed by atoms with Gasteiger partial charge < -0.3 is 15.4 Å². The number of nitrogens with zero attached hydrogens (tertiary/aromatic N) is 3. The molecule has 1 amide bonds. The van der Waals surface area contributed by atoms with Crippen molar-refractivity contribution >= 4 is 17.7 Å². The Morgan fingerprint density at radius 1 is 1.59 bits per heavy atom. The van der Waals surface area contributed by atoms with Crippen LogP contribution in [0.1, 0.15) is 17.8 Å². The number of morpholine rings is 1. The van der Waals surface area contributed by atoms with Crippen molar-refractivity contribution in [2.24, 2.45) is 5.73 Å². The Morgan fingerprint density at radius 3 is 3.00 bits per heavy atom. The molecule has 1 saturated heterocycles. The molecule has 2 heterocycles. The largest absolute Gasteiger partial charge is 0.373 e. The van der Waals surface area contributed by atoms with Crippen molar-refractivity contribution in [1.82, 2.24) is 14.7 Å². The van der Waals surface area contributed by atoms with Gasteiger partial charge in [0.15, 0.2) is 0 Å². The molecule has 0 bridgehead atoms. The molecule has 1 aliphatic rings. The molecule has 1 fully saturated rings. The van der Waals surface area contributed by atoms with Gasteiger partial charge in [-0.15, -0.1) is 0 Å². The van der Waals surface area contributed by atoms with Crippen LogP contribution in [0.15, 0.2) is 6.07 Å². The molecule has 0 radical (unpaired) electrons. The molecule has 0 aromatic carbocycles. The zero-order valence-corrected chi connectivity index (χ0v) is 14.4. The van der Waals surface area contributed by atoms with Crippen LogP contribution in [0.25, 0.3) is 0 Å². The van der Waals surface area contributed by atoms with E-state index in [9.17, 15) is 4.79 Å². The van der Waals surface area contributed by atoms with Gasteiger partial charge in [0.1, 0.15) is 0 Å². The summed E-state index contributed by atoms with van der Waals surface area (Å²) in [4.78, 5) is 14.2. The lowest BCUT2D eigenvalue weighted by molar-refractivity contribution is -0.140. The molecule has 1 unspecified atom stereocenters. The summed E-state index contributed by atoms with van der Waals surface area (Å²) in [5, 5.41) is 4.46. The van der Waals surface area contributed by atoms with Gasteiger partial charge in [0.2, 0.25) is 5.91 Å². The Kier molecular flexibility index (Phi) is 6.28. The second-order valence-corrected chi connectivity index (χ2v) is 6.76. The second kappa shape index (κ2) is 7.99. The molecule has 1 aromatic heterocycles. The highest BCUT2D eigenvalue weighted by Gasteiger charge is 2.28. The van der Waals surface area contributed by atoms with E-state index in [1.165, 1.54) is 0 Å². The van der Waals surface area contributed by atoms with Crippen molar-refractivity contribution in [3.8, 4) is 0 Å². The van der Waals surface area contributed by atoms with Gasteiger partial charge in [-0.25, -0.2) is 0 Å². The van der Waals surface area contributed by atoms with Crippen LogP contribution in [0.2, 0.25) is 0 Å². The third-order valence-corrected chi connectivity index (χ3v) is 4.52. The van der Waals surface area contributed by atoms with Gasteiger partial charge in [-0.3, -0.25) is 9.48 Å². The summed E-state index contributed by atoms with van der Waals surface area (Å²) in [5.41, 5.74) is 8.11. The second-order valence-electron chi connectivity index (χ2n) is 5.77. The predicted molar refractivity (Wildman–Crippen MR) is 89.0 cm³/mol. The Hall–Kier alpha value is -1.05. The number of carbonyl (C=O) groups excluding carboxylic acids is 1. The van der Waals surface area contributed by atoms with E-state index in [4.69, 9.17) is 10.5 Å². The molecule has 2 rings (SSSR count). The first-order valence-corrected chi connectivity index (χ1v) is 9.06. The molecule has 22 heavy (non-hydrogen) atoms. The number of aryl methyl sites for hydroxylation is 2. The maximum atomic E-state index is 12.4. The monoisotopic (exact) mass is 326 g/mol. The molecule has 0 saturated carbocycles. The highest BCUT2D eigenvalue weighted by Crippen LogP contribution is 2.12. The maximum Gasteiger partial charge on any atom is 0.239 e. The van der Waals surface area contributed by atoms with Crippen molar-refractivity contribution in [3.63, 3.8) is 0 Å². The number of hydrogen-bond acceptors (Lipinski definition) is 5. The molecule has 2 N–H and O–H groups in total. The summed E-state index contributed by atoms with van der Waals surface area (Å²) in [5.74, 6) is 0.947. The van der Waals surface area contributed by atoms with E-state index in [2.05, 4.69) is 5.10 Å². The first-order valence-electron chi connectivity index (χ1n) is 7.67. The fourth-order valence-electron chi connectivity index (χ4n) is 2.69. The average molecular weight is 326 g/mol. The van der Waals surface area contributed by atoms with Crippen LogP contribution in [-0.4, -0.2) is 64.4 Å². The minimum atomic E-state index is -0.403. The number of nitrogens with two attached hydrogens (primary N) is 1. The van der Waals surface area contributed by atoms with E-state index in [-0.39, 0.29) is 12.0 Å². The Balaban J connectivity index is 1.91. The van der Waals surface area contributed by atoms with E-state index < -0.39 is 6.04 Å². The first-order chi connectivity index (χ1) is 10.5. The van der Waals surface area contributed by atoms with Crippen LogP contribution in [0.5, 0.6) is 0 Å². The van der Waals surface area contributed by atoms with Crippen molar-refractivity contribution in [1.29, 1.82) is 0 Å². The molecule has 7 heteroatoms. The Bertz CT molecular complexity index is 506. The molecule has 6 nitrogen and oxygen atoms in total. The summed E-state index contributed by atoms with van der Waals surface area (Å²) in [6.45, 7) is 6.45. The zero-order valence-electron chi connectivity index (χ0n) is 13.6. The topological polar surface area (TPSA) is 73.4 Å². The van der Waals surface area contributed by atoms with E-state index in [1.54, 1.807) is 11.8 Å². The van der Waals surface area contributed by atoms with Crippen LogP contribution in [0, 0.1) is 13.8 Å². The third kappa shape index (κ3) is 4.47. The average Bonchev–Trinajstić information content (AvgIpc) is 2.82. The van der Waals surface area contributed by atoms with Gasteiger partial charge in [-0.2, -0.15) is 16.9 Å². The lowest BCUT2D eigenvalue weighted by Crippen LogP contribution is -2.52. The van der Waals surface area contributed by atoms with Crippen LogP contribution in [-0.2, 0) is 16.1 Å². The molecule has 124 valence electrons. The first kappa shape index (κ1) is 17.3. The third-order valence-electron chi connectivity index (χ3n) is 3.88. The number of hydrogen-bond donors (Lipinski definition) is 1. The summed E-state index contributed by atoms with van der Waals surface area (Å²) < 4.78 is 7.73. The van der Waals surface area contributed by atoms with Crippen molar-refractivity contribution in [3.05, 3.63) is 17.5 Å². The molecular weight excluding hydrogens is 300 g/mol.